The van der Waals surface area contributed by atoms with Crippen molar-refractivity contribution in [1.29, 1.82) is 0 Å². The van der Waals surface area contributed by atoms with Gasteiger partial charge in [0.15, 0.2) is 0 Å². The Morgan fingerprint density at radius 3 is 2.62 bits per heavy atom. The minimum Gasteiger partial charge on any atom is -0.357 e. The largest absolute Gasteiger partial charge is 0.357 e. The molecule has 3 rings (SSSR count). The number of halogens is 1. The normalized spacial score (nSPS) is 21.3. The highest BCUT2D eigenvalue weighted by Crippen LogP contribution is 2.38. The Morgan fingerprint density at radius 1 is 1.24 bits per heavy atom. The second-order valence-electron chi connectivity index (χ2n) is 6.16. The van der Waals surface area contributed by atoms with Gasteiger partial charge in [0.2, 0.25) is 5.13 Å². The third kappa shape index (κ3) is 3.59. The maximum Gasteiger partial charge on any atom is 0.205 e. The quantitative estimate of drug-likeness (QED) is 0.898. The number of anilines is 1. The molecule has 0 unspecified atom stereocenters. The van der Waals surface area contributed by atoms with Crippen LogP contribution in [0.4, 0.5) is 9.52 Å². The maximum absolute atomic E-state index is 12.9. The molecule has 1 aromatic heterocycles. The van der Waals surface area contributed by atoms with Gasteiger partial charge in [-0.25, -0.2) is 4.39 Å². The molecule has 3 nitrogen and oxygen atoms in total. The number of rotatable bonds is 5. The molecule has 1 aliphatic carbocycles. The van der Waals surface area contributed by atoms with Crippen LogP contribution in [0.2, 0.25) is 0 Å². The average Bonchev–Trinajstić information content (AvgIpc) is 2.81. The first kappa shape index (κ1) is 14.4. The van der Waals surface area contributed by atoms with Crippen molar-refractivity contribution in [2.45, 2.75) is 45.1 Å². The van der Waals surface area contributed by atoms with Gasteiger partial charge < -0.3 is 5.32 Å². The van der Waals surface area contributed by atoms with Crippen molar-refractivity contribution in [3.05, 3.63) is 40.7 Å². The molecule has 0 spiro atoms. The molecule has 0 radical (unpaired) electrons. The van der Waals surface area contributed by atoms with Gasteiger partial charge in [-0.15, -0.1) is 10.2 Å². The lowest BCUT2D eigenvalue weighted by Crippen LogP contribution is -2.33. The molecular formula is C16H20FN3S. The van der Waals surface area contributed by atoms with E-state index in [-0.39, 0.29) is 5.82 Å². The lowest BCUT2D eigenvalue weighted by molar-refractivity contribution is 0.373. The van der Waals surface area contributed by atoms with Gasteiger partial charge in [-0.05, 0) is 42.4 Å². The Bertz CT molecular complexity index is 588. The molecule has 5 heteroatoms. The standard InChI is InChI=1S/C16H20FN3S/c1-10(2)7-15-19-20-16(21-15)18-14-8-12(9-14)11-3-5-13(17)6-4-11/h3-6,10,12,14H,7-9H2,1-2H3,(H,18,20). The highest BCUT2D eigenvalue weighted by atomic mass is 32.1. The summed E-state index contributed by atoms with van der Waals surface area (Å²) in [6.07, 6.45) is 3.14. The molecular weight excluding hydrogens is 285 g/mol. The first-order chi connectivity index (χ1) is 10.1. The van der Waals surface area contributed by atoms with Gasteiger partial charge in [-0.1, -0.05) is 37.3 Å². The van der Waals surface area contributed by atoms with Gasteiger partial charge in [0.25, 0.3) is 0 Å². The number of nitrogens with zero attached hydrogens (tertiary/aromatic N) is 2. The van der Waals surface area contributed by atoms with Gasteiger partial charge in [0.1, 0.15) is 10.8 Å². The van der Waals surface area contributed by atoms with Crippen LogP contribution in [0.15, 0.2) is 24.3 Å². The summed E-state index contributed by atoms with van der Waals surface area (Å²) in [5.41, 5.74) is 1.23. The molecule has 0 amide bonds. The molecule has 1 N–H and O–H groups in total. The van der Waals surface area contributed by atoms with Crippen LogP contribution in [0.3, 0.4) is 0 Å². The topological polar surface area (TPSA) is 37.8 Å². The SMILES string of the molecule is CC(C)Cc1nnc(NC2CC(c3ccc(F)cc3)C2)s1. The summed E-state index contributed by atoms with van der Waals surface area (Å²) in [4.78, 5) is 0. The Morgan fingerprint density at radius 2 is 1.95 bits per heavy atom. The van der Waals surface area contributed by atoms with Crippen LogP contribution in [0, 0.1) is 11.7 Å². The van der Waals surface area contributed by atoms with E-state index in [4.69, 9.17) is 0 Å². The maximum atomic E-state index is 12.9. The Labute approximate surface area is 128 Å². The second-order valence-corrected chi connectivity index (χ2v) is 7.22. The Balaban J connectivity index is 1.50. The van der Waals surface area contributed by atoms with Crippen molar-refractivity contribution in [1.82, 2.24) is 10.2 Å². The zero-order valence-corrected chi connectivity index (χ0v) is 13.2. The summed E-state index contributed by atoms with van der Waals surface area (Å²) >= 11 is 1.65. The fraction of sp³-hybridized carbons (Fsp3) is 0.500. The van der Waals surface area contributed by atoms with Gasteiger partial charge in [0.05, 0.1) is 0 Å². The van der Waals surface area contributed by atoms with E-state index in [1.807, 2.05) is 12.1 Å². The van der Waals surface area contributed by atoms with Gasteiger partial charge >= 0.3 is 0 Å². The van der Waals surface area contributed by atoms with E-state index in [1.54, 1.807) is 23.5 Å². The number of hydrogen-bond donors (Lipinski definition) is 1. The molecule has 1 fully saturated rings. The summed E-state index contributed by atoms with van der Waals surface area (Å²) in [5, 5.41) is 13.9. The van der Waals surface area contributed by atoms with E-state index in [2.05, 4.69) is 29.4 Å². The third-order valence-corrected chi connectivity index (χ3v) is 4.73. The molecule has 2 aromatic rings. The molecule has 0 atom stereocenters. The van der Waals surface area contributed by atoms with E-state index in [9.17, 15) is 4.39 Å². The zero-order valence-electron chi connectivity index (χ0n) is 12.3. The predicted octanol–water partition coefficient (Wildman–Crippen LogP) is 4.23. The fourth-order valence-corrected chi connectivity index (χ4v) is 3.69. The second kappa shape index (κ2) is 6.10. The molecule has 1 aliphatic rings. The minimum atomic E-state index is -0.167. The van der Waals surface area contributed by atoms with Crippen LogP contribution in [-0.2, 0) is 6.42 Å². The van der Waals surface area contributed by atoms with Crippen molar-refractivity contribution >= 4 is 16.5 Å². The van der Waals surface area contributed by atoms with E-state index in [0.29, 0.717) is 17.9 Å². The summed E-state index contributed by atoms with van der Waals surface area (Å²) < 4.78 is 12.9. The average molecular weight is 305 g/mol. The van der Waals surface area contributed by atoms with Crippen molar-refractivity contribution in [3.8, 4) is 0 Å². The monoisotopic (exact) mass is 305 g/mol. The first-order valence-electron chi connectivity index (χ1n) is 7.44. The number of hydrogen-bond acceptors (Lipinski definition) is 4. The lowest BCUT2D eigenvalue weighted by atomic mass is 9.76. The Hall–Kier alpha value is -1.49. The van der Waals surface area contributed by atoms with Crippen LogP contribution < -0.4 is 5.32 Å². The number of benzene rings is 1. The first-order valence-corrected chi connectivity index (χ1v) is 8.26. The van der Waals surface area contributed by atoms with Gasteiger partial charge in [-0.2, -0.15) is 0 Å². The van der Waals surface area contributed by atoms with Crippen molar-refractivity contribution in [2.24, 2.45) is 5.92 Å². The number of aromatic nitrogens is 2. The molecule has 21 heavy (non-hydrogen) atoms. The smallest absolute Gasteiger partial charge is 0.205 e. The van der Waals surface area contributed by atoms with Gasteiger partial charge in [0, 0.05) is 12.5 Å². The number of nitrogens with one attached hydrogen (secondary N) is 1. The van der Waals surface area contributed by atoms with E-state index < -0.39 is 0 Å². The summed E-state index contributed by atoms with van der Waals surface area (Å²) in [7, 11) is 0. The highest BCUT2D eigenvalue weighted by molar-refractivity contribution is 7.15. The molecule has 1 aromatic carbocycles. The Kier molecular flexibility index (Phi) is 4.19. The summed E-state index contributed by atoms with van der Waals surface area (Å²) in [6.45, 7) is 4.38. The molecule has 0 bridgehead atoms. The van der Waals surface area contributed by atoms with E-state index >= 15 is 0 Å². The summed E-state index contributed by atoms with van der Waals surface area (Å²) in [5.74, 6) is 0.975. The molecule has 1 saturated carbocycles. The fourth-order valence-electron chi connectivity index (χ4n) is 2.66. The highest BCUT2D eigenvalue weighted by Gasteiger charge is 2.30. The van der Waals surface area contributed by atoms with Gasteiger partial charge in [-0.3, -0.25) is 0 Å². The van der Waals surface area contributed by atoms with E-state index in [1.165, 1.54) is 5.56 Å². The van der Waals surface area contributed by atoms with Crippen LogP contribution >= 0.6 is 11.3 Å². The molecule has 0 saturated heterocycles. The third-order valence-electron chi connectivity index (χ3n) is 3.86. The predicted molar refractivity (Wildman–Crippen MR) is 84.2 cm³/mol. The summed E-state index contributed by atoms with van der Waals surface area (Å²) in [6, 6.07) is 7.32. The molecule has 1 heterocycles. The zero-order chi connectivity index (χ0) is 14.8. The van der Waals surface area contributed by atoms with Crippen molar-refractivity contribution < 1.29 is 4.39 Å². The molecule has 0 aliphatic heterocycles. The van der Waals surface area contributed by atoms with Crippen LogP contribution in [0.5, 0.6) is 0 Å². The van der Waals surface area contributed by atoms with E-state index in [0.717, 1.165) is 29.4 Å². The van der Waals surface area contributed by atoms with Crippen LogP contribution in [-0.4, -0.2) is 16.2 Å². The minimum absolute atomic E-state index is 0.167. The van der Waals surface area contributed by atoms with Crippen LogP contribution in [0.25, 0.3) is 0 Å². The van der Waals surface area contributed by atoms with Crippen molar-refractivity contribution in [2.75, 3.05) is 5.32 Å². The lowest BCUT2D eigenvalue weighted by Gasteiger charge is -2.36. The molecule has 112 valence electrons. The van der Waals surface area contributed by atoms with Crippen molar-refractivity contribution in [3.63, 3.8) is 0 Å². The van der Waals surface area contributed by atoms with Crippen LogP contribution in [0.1, 0.15) is 43.2 Å².